The van der Waals surface area contributed by atoms with Crippen molar-refractivity contribution in [2.75, 3.05) is 52.4 Å². The number of nitrogens with one attached hydrogen (secondary N) is 2. The van der Waals surface area contributed by atoms with Crippen molar-refractivity contribution in [2.45, 2.75) is 55.4 Å². The van der Waals surface area contributed by atoms with E-state index in [1.165, 1.54) is 0 Å². The van der Waals surface area contributed by atoms with Gasteiger partial charge in [-0.2, -0.15) is 0 Å². The minimum absolute atomic E-state index is 0.572. The van der Waals surface area contributed by atoms with Crippen molar-refractivity contribution in [3.8, 4) is 0 Å². The molecule has 0 aliphatic heterocycles. The van der Waals surface area contributed by atoms with Gasteiger partial charge >= 0.3 is 46.3 Å². The molecule has 284 valence electrons. The Morgan fingerprint density at radius 1 is 0.480 bits per heavy atom. The van der Waals surface area contributed by atoms with E-state index in [9.17, 15) is 0 Å². The van der Waals surface area contributed by atoms with Crippen molar-refractivity contribution in [1.82, 2.24) is 19.6 Å². The minimum atomic E-state index is 0.572. The molecule has 0 fully saturated rings. The molecule has 0 radical (unpaired) electrons. The molecule has 0 amide bonds. The Morgan fingerprint density at radius 2 is 0.620 bits per heavy atom. The molecule has 8 nitrogen and oxygen atoms in total. The first-order valence-corrected chi connectivity index (χ1v) is 20.3. The van der Waals surface area contributed by atoms with E-state index in [0.29, 0.717) is 68.2 Å². The van der Waals surface area contributed by atoms with Crippen LogP contribution >= 0.6 is 48.9 Å². The fourth-order valence-corrected chi connectivity index (χ4v) is 4.87. The van der Waals surface area contributed by atoms with Crippen LogP contribution in [0.2, 0.25) is 0 Å². The van der Waals surface area contributed by atoms with Crippen molar-refractivity contribution in [3.63, 3.8) is 0 Å². The van der Waals surface area contributed by atoms with Gasteiger partial charge in [-0.3, -0.25) is 0 Å². The molecule has 50 heavy (non-hydrogen) atoms. The molecule has 0 atom stereocenters. The molecular formula is C32H52Mo2N6O2S8-2. The van der Waals surface area contributed by atoms with Gasteiger partial charge < -0.3 is 130 Å². The summed E-state index contributed by atoms with van der Waals surface area (Å²) >= 11 is 39.4. The van der Waals surface area contributed by atoms with Crippen molar-refractivity contribution in [2.24, 2.45) is 0 Å². The summed E-state index contributed by atoms with van der Waals surface area (Å²) < 4.78 is 18.8. The van der Waals surface area contributed by atoms with Gasteiger partial charge in [0.25, 0.3) is 0 Å². The van der Waals surface area contributed by atoms with Crippen LogP contribution in [0.15, 0.2) is 60.7 Å². The Morgan fingerprint density at radius 3 is 0.660 bits per heavy atom. The van der Waals surface area contributed by atoms with E-state index in [1.807, 2.05) is 111 Å². The van der Waals surface area contributed by atoms with Crippen LogP contribution in [0.4, 0.5) is 11.4 Å². The summed E-state index contributed by atoms with van der Waals surface area (Å²) in [4.78, 5) is 7.85. The van der Waals surface area contributed by atoms with Crippen molar-refractivity contribution >= 4 is 128 Å². The number of hydrogen-bond donors (Lipinski definition) is 0. The number of benzene rings is 2. The quantitative estimate of drug-likeness (QED) is 0.143. The van der Waals surface area contributed by atoms with Crippen molar-refractivity contribution in [1.29, 1.82) is 0 Å². The Balaban J connectivity index is -0.000000114. The third kappa shape index (κ3) is 45.5. The maximum absolute atomic E-state index is 8.26. The monoisotopic (exact) mass is 1000 g/mol. The summed E-state index contributed by atoms with van der Waals surface area (Å²) in [5, 5.41) is 0. The predicted molar refractivity (Wildman–Crippen MR) is 234 cm³/mol. The Labute approximate surface area is 370 Å². The van der Waals surface area contributed by atoms with Crippen LogP contribution in [0.5, 0.6) is 0 Å². The van der Waals surface area contributed by atoms with E-state index >= 15 is 0 Å². The molecule has 0 unspecified atom stereocenters. The fraction of sp³-hybridized carbons (Fsp3) is 0.500. The number of nitrogens with zero attached hydrogens (tertiary/aromatic N) is 4. The summed E-state index contributed by atoms with van der Waals surface area (Å²) in [7, 11) is 0. The Kier molecular flexibility index (Phi) is 59.6. The number of hydrogen-bond acceptors (Lipinski definition) is 10. The van der Waals surface area contributed by atoms with Crippen LogP contribution in [0.3, 0.4) is 0 Å². The van der Waals surface area contributed by atoms with E-state index in [-0.39, 0.29) is 0 Å². The molecule has 0 bridgehead atoms. The second-order valence-electron chi connectivity index (χ2n) is 8.48. The Bertz CT molecular complexity index is 928. The molecule has 0 saturated carbocycles. The van der Waals surface area contributed by atoms with Gasteiger partial charge in [-0.15, -0.1) is 11.4 Å². The number of thiocarbonyl (C=S) groups is 4. The summed E-state index contributed by atoms with van der Waals surface area (Å²) in [6.07, 6.45) is 0. The van der Waals surface area contributed by atoms with Gasteiger partial charge in [0.1, 0.15) is 0 Å². The molecule has 0 aromatic heterocycles. The normalized spacial score (nSPS) is 8.20. The summed E-state index contributed by atoms with van der Waals surface area (Å²) in [6, 6.07) is 18.2. The summed E-state index contributed by atoms with van der Waals surface area (Å²) in [5.41, 5.74) is 15.1. The van der Waals surface area contributed by atoms with E-state index in [2.05, 4.69) is 0 Å². The average molecular weight is 1000 g/mol. The van der Waals surface area contributed by atoms with Crippen LogP contribution in [-0.2, 0) is 96.9 Å². The third-order valence-corrected chi connectivity index (χ3v) is 7.70. The van der Waals surface area contributed by atoms with E-state index < -0.39 is 0 Å². The maximum atomic E-state index is 8.26. The predicted octanol–water partition coefficient (Wildman–Crippen LogP) is 9.14. The fourth-order valence-electron chi connectivity index (χ4n) is 2.80. The van der Waals surface area contributed by atoms with E-state index in [1.54, 1.807) is 24.3 Å². The van der Waals surface area contributed by atoms with Crippen molar-refractivity contribution < 1.29 is 46.3 Å². The van der Waals surface area contributed by atoms with Crippen LogP contribution in [-0.4, -0.2) is 89.2 Å². The van der Waals surface area contributed by atoms with Gasteiger partial charge in [0.15, 0.2) is 0 Å². The van der Waals surface area contributed by atoms with Gasteiger partial charge in [0.05, 0.1) is 0 Å². The van der Waals surface area contributed by atoms with Gasteiger partial charge in [-0.05, 0) is 55.4 Å². The molecule has 2 aromatic carbocycles. The number of rotatable bonds is 8. The van der Waals surface area contributed by atoms with Crippen LogP contribution in [0.25, 0.3) is 11.5 Å². The molecule has 0 heterocycles. The first kappa shape index (κ1) is 61.5. The van der Waals surface area contributed by atoms with Crippen LogP contribution in [0, 0.1) is 0 Å². The molecule has 0 aliphatic rings. The zero-order valence-corrected chi connectivity index (χ0v) is 40.7. The van der Waals surface area contributed by atoms with Crippen molar-refractivity contribution in [3.05, 3.63) is 72.1 Å². The van der Waals surface area contributed by atoms with Gasteiger partial charge in [-0.25, -0.2) is 0 Å². The summed E-state index contributed by atoms with van der Waals surface area (Å²) in [6.45, 7) is 23.8. The molecule has 2 aromatic rings. The van der Waals surface area contributed by atoms with Crippen LogP contribution in [0.1, 0.15) is 55.4 Å². The van der Waals surface area contributed by atoms with E-state index in [4.69, 9.17) is 118 Å². The third-order valence-electron chi connectivity index (χ3n) is 5.63. The van der Waals surface area contributed by atoms with Gasteiger partial charge in [-0.1, -0.05) is 77.9 Å². The second-order valence-corrected chi connectivity index (χ2v) is 12.6. The van der Waals surface area contributed by atoms with Crippen LogP contribution < -0.4 is 0 Å². The molecular weight excluding hydrogens is 949 g/mol. The SMILES string of the molecule is CCN(CC)C(=S)[S-].CCN(CC)C(=S)[S-].CCN(CC)C(=S)[S-].CCN(CC)C(=S)[S-].[NH-]c1ccccc1.[NH-]c1ccccc1.[O]=[Mo+4].[O]=[Mo]. The molecule has 0 saturated heterocycles. The topological polar surface area (TPSA) is 94.7 Å². The molecule has 0 aliphatic carbocycles. The zero-order valence-electron chi connectivity index (χ0n) is 30.1. The molecule has 2 N–H and O–H groups in total. The Hall–Kier alpha value is -0.543. The second kappa shape index (κ2) is 48.5. The van der Waals surface area contributed by atoms with Gasteiger partial charge in [0, 0.05) is 52.4 Å². The molecule has 18 heteroatoms. The first-order valence-electron chi connectivity index (χ1n) is 15.4. The van der Waals surface area contributed by atoms with Gasteiger partial charge in [0.2, 0.25) is 0 Å². The molecule has 0 spiro atoms. The average Bonchev–Trinajstić information content (AvgIpc) is 3.10. The molecule has 2 rings (SSSR count). The van der Waals surface area contributed by atoms with E-state index in [0.717, 1.165) is 52.4 Å². The standard InChI is InChI=1S/2C6H6N.4C5H11NS2.2Mo.2O/c2*7-6-4-2-1-3-5-6;4*1-3-6(4-2)5(7)8;;;;/h2*1-5,7H;4*3-4H2,1-2H3,(H,7,8);;;;/q2*-1;;;;;;+4;;/p-4. The zero-order chi connectivity index (χ0) is 40.5. The first-order chi connectivity index (χ1) is 23.7. The summed E-state index contributed by atoms with van der Waals surface area (Å²) in [5.74, 6) is 0.